The van der Waals surface area contributed by atoms with Crippen molar-refractivity contribution in [2.75, 3.05) is 31.6 Å². The molecule has 0 aliphatic carbocycles. The van der Waals surface area contributed by atoms with Gasteiger partial charge in [0, 0.05) is 31.9 Å². The Labute approximate surface area is 143 Å². The van der Waals surface area contributed by atoms with E-state index in [1.165, 1.54) is 6.42 Å². The van der Waals surface area contributed by atoms with Crippen molar-refractivity contribution in [3.63, 3.8) is 0 Å². The van der Waals surface area contributed by atoms with Gasteiger partial charge >= 0.3 is 0 Å². The highest BCUT2D eigenvalue weighted by atomic mass is 16.3. The highest BCUT2D eigenvalue weighted by Crippen LogP contribution is 2.25. The molecule has 128 valence electrons. The number of hydrogen-bond donors (Lipinski definition) is 1. The van der Waals surface area contributed by atoms with E-state index in [0.29, 0.717) is 12.6 Å². The second-order valence-corrected chi connectivity index (χ2v) is 6.91. The van der Waals surface area contributed by atoms with Gasteiger partial charge in [-0.2, -0.15) is 5.10 Å². The lowest BCUT2D eigenvalue weighted by Crippen LogP contribution is -2.44. The molecule has 0 bridgehead atoms. The first-order chi connectivity index (χ1) is 11.6. The molecule has 1 aromatic heterocycles. The Hall–Kier alpha value is -1.98. The standard InChI is InChI=1S/C19H26N4O/c1-19(24,16-8-4-3-5-9-16)15-22(2)14-17-10-7-13-23(17)18-11-6-12-20-21-18/h3-6,8-9,11-12,17,24H,7,10,13-15H2,1-2H3. The second-order valence-electron chi connectivity index (χ2n) is 6.91. The van der Waals surface area contributed by atoms with Crippen LogP contribution in [-0.2, 0) is 5.60 Å². The molecule has 1 aliphatic heterocycles. The van der Waals surface area contributed by atoms with Crippen molar-refractivity contribution in [3.8, 4) is 0 Å². The van der Waals surface area contributed by atoms with Gasteiger partial charge in [0.25, 0.3) is 0 Å². The molecule has 0 amide bonds. The highest BCUT2D eigenvalue weighted by molar-refractivity contribution is 5.39. The van der Waals surface area contributed by atoms with E-state index in [1.807, 2.05) is 49.4 Å². The minimum absolute atomic E-state index is 0.415. The quantitative estimate of drug-likeness (QED) is 0.883. The van der Waals surface area contributed by atoms with Crippen molar-refractivity contribution in [2.24, 2.45) is 0 Å². The van der Waals surface area contributed by atoms with Gasteiger partial charge in [0.05, 0.1) is 5.60 Å². The van der Waals surface area contributed by atoms with Crippen LogP contribution < -0.4 is 4.90 Å². The van der Waals surface area contributed by atoms with Crippen LogP contribution in [0, 0.1) is 0 Å². The highest BCUT2D eigenvalue weighted by Gasteiger charge is 2.30. The lowest BCUT2D eigenvalue weighted by molar-refractivity contribution is 0.0222. The molecule has 1 fully saturated rings. The molecule has 1 aliphatic rings. The third-order valence-corrected chi connectivity index (χ3v) is 4.73. The molecule has 5 nitrogen and oxygen atoms in total. The summed E-state index contributed by atoms with van der Waals surface area (Å²) in [4.78, 5) is 4.55. The first-order valence-electron chi connectivity index (χ1n) is 8.57. The maximum Gasteiger partial charge on any atom is 0.151 e. The Balaban J connectivity index is 1.63. The van der Waals surface area contributed by atoms with Gasteiger partial charge in [0.1, 0.15) is 0 Å². The van der Waals surface area contributed by atoms with Gasteiger partial charge in [0.2, 0.25) is 0 Å². The van der Waals surface area contributed by atoms with Crippen LogP contribution in [0.25, 0.3) is 0 Å². The summed E-state index contributed by atoms with van der Waals surface area (Å²) < 4.78 is 0. The normalized spacial score (nSPS) is 20.3. The maximum absolute atomic E-state index is 10.8. The van der Waals surface area contributed by atoms with E-state index >= 15 is 0 Å². The summed E-state index contributed by atoms with van der Waals surface area (Å²) in [5.74, 6) is 0.947. The topological polar surface area (TPSA) is 52.5 Å². The van der Waals surface area contributed by atoms with Gasteiger partial charge in [-0.3, -0.25) is 0 Å². The largest absolute Gasteiger partial charge is 0.384 e. The van der Waals surface area contributed by atoms with E-state index in [9.17, 15) is 5.11 Å². The molecule has 5 heteroatoms. The van der Waals surface area contributed by atoms with Gasteiger partial charge in [-0.15, -0.1) is 5.10 Å². The van der Waals surface area contributed by atoms with Gasteiger partial charge in [-0.25, -0.2) is 0 Å². The molecule has 2 unspecified atom stereocenters. The van der Waals surface area contributed by atoms with Gasteiger partial charge in [-0.1, -0.05) is 30.3 Å². The average molecular weight is 326 g/mol. The molecule has 2 heterocycles. The van der Waals surface area contributed by atoms with Gasteiger partial charge in [-0.05, 0) is 44.5 Å². The third-order valence-electron chi connectivity index (χ3n) is 4.73. The minimum atomic E-state index is -0.855. The summed E-state index contributed by atoms with van der Waals surface area (Å²) in [5, 5.41) is 19.1. The van der Waals surface area contributed by atoms with Crippen molar-refractivity contribution >= 4 is 5.82 Å². The molecule has 1 saturated heterocycles. The molecule has 0 saturated carbocycles. The Kier molecular flexibility index (Phi) is 5.11. The lowest BCUT2D eigenvalue weighted by Gasteiger charge is -2.33. The zero-order valence-corrected chi connectivity index (χ0v) is 14.5. The van der Waals surface area contributed by atoms with Crippen LogP contribution in [0.4, 0.5) is 5.82 Å². The predicted molar refractivity (Wildman–Crippen MR) is 95.9 cm³/mol. The fraction of sp³-hybridized carbons (Fsp3) is 0.474. The summed E-state index contributed by atoms with van der Waals surface area (Å²) >= 11 is 0. The number of likely N-dealkylation sites (N-methyl/N-ethyl adjacent to an activating group) is 1. The number of benzene rings is 1. The van der Waals surface area contributed by atoms with E-state index in [-0.39, 0.29) is 0 Å². The van der Waals surface area contributed by atoms with Crippen molar-refractivity contribution in [3.05, 3.63) is 54.2 Å². The number of anilines is 1. The van der Waals surface area contributed by atoms with Crippen LogP contribution in [0.3, 0.4) is 0 Å². The van der Waals surface area contributed by atoms with Crippen LogP contribution in [0.5, 0.6) is 0 Å². The fourth-order valence-electron chi connectivity index (χ4n) is 3.61. The molecule has 2 atom stereocenters. The summed E-state index contributed by atoms with van der Waals surface area (Å²) in [5.41, 5.74) is 0.0977. The molecule has 3 rings (SSSR count). The first-order valence-corrected chi connectivity index (χ1v) is 8.57. The molecule has 1 N–H and O–H groups in total. The smallest absolute Gasteiger partial charge is 0.151 e. The monoisotopic (exact) mass is 326 g/mol. The molecule has 2 aromatic rings. The number of hydrogen-bond acceptors (Lipinski definition) is 5. The van der Waals surface area contributed by atoms with E-state index < -0.39 is 5.60 Å². The number of aromatic nitrogens is 2. The van der Waals surface area contributed by atoms with E-state index in [1.54, 1.807) is 6.20 Å². The van der Waals surface area contributed by atoms with Crippen LogP contribution in [0.15, 0.2) is 48.7 Å². The molecule has 1 aromatic carbocycles. The Bertz CT molecular complexity index is 632. The van der Waals surface area contributed by atoms with Gasteiger partial charge < -0.3 is 14.9 Å². The number of nitrogens with zero attached hydrogens (tertiary/aromatic N) is 4. The van der Waals surface area contributed by atoms with Crippen LogP contribution in [0.1, 0.15) is 25.3 Å². The predicted octanol–water partition coefficient (Wildman–Crippen LogP) is 2.28. The van der Waals surface area contributed by atoms with Crippen molar-refractivity contribution in [2.45, 2.75) is 31.4 Å². The molecule has 0 spiro atoms. The summed E-state index contributed by atoms with van der Waals surface area (Å²) in [6, 6.07) is 14.2. The summed E-state index contributed by atoms with van der Waals surface area (Å²) in [7, 11) is 2.07. The fourth-order valence-corrected chi connectivity index (χ4v) is 3.61. The number of aliphatic hydroxyl groups is 1. The van der Waals surface area contributed by atoms with Crippen molar-refractivity contribution in [1.29, 1.82) is 0 Å². The van der Waals surface area contributed by atoms with Gasteiger partial charge in [0.15, 0.2) is 5.82 Å². The third kappa shape index (κ3) is 3.91. The second kappa shape index (κ2) is 7.28. The van der Waals surface area contributed by atoms with E-state index in [0.717, 1.165) is 30.9 Å². The lowest BCUT2D eigenvalue weighted by atomic mass is 9.95. The first kappa shape index (κ1) is 16.9. The van der Waals surface area contributed by atoms with Crippen molar-refractivity contribution in [1.82, 2.24) is 15.1 Å². The molecule has 24 heavy (non-hydrogen) atoms. The average Bonchev–Trinajstić information content (AvgIpc) is 3.04. The Morgan fingerprint density at radius 3 is 2.75 bits per heavy atom. The molecular weight excluding hydrogens is 300 g/mol. The van der Waals surface area contributed by atoms with Crippen molar-refractivity contribution < 1.29 is 5.11 Å². The molecular formula is C19H26N4O. The van der Waals surface area contributed by atoms with E-state index in [4.69, 9.17) is 0 Å². The van der Waals surface area contributed by atoms with Crippen LogP contribution in [0.2, 0.25) is 0 Å². The minimum Gasteiger partial charge on any atom is -0.384 e. The van der Waals surface area contributed by atoms with Crippen LogP contribution >= 0.6 is 0 Å². The maximum atomic E-state index is 10.8. The summed E-state index contributed by atoms with van der Waals surface area (Å²) in [6.45, 7) is 4.40. The molecule has 0 radical (unpaired) electrons. The van der Waals surface area contributed by atoms with Crippen LogP contribution in [-0.4, -0.2) is 52.9 Å². The number of rotatable bonds is 6. The van der Waals surface area contributed by atoms with E-state index in [2.05, 4.69) is 27.0 Å². The Morgan fingerprint density at radius 1 is 1.25 bits per heavy atom. The summed E-state index contributed by atoms with van der Waals surface area (Å²) in [6.07, 6.45) is 4.02. The zero-order chi connectivity index (χ0) is 17.0. The Morgan fingerprint density at radius 2 is 2.04 bits per heavy atom. The zero-order valence-electron chi connectivity index (χ0n) is 14.5. The SMILES string of the molecule is CN(CC1CCCN1c1cccnn1)CC(C)(O)c1ccccc1.